The van der Waals surface area contributed by atoms with Gasteiger partial charge in [-0.2, -0.15) is 0 Å². The molecule has 0 fully saturated rings. The summed E-state index contributed by atoms with van der Waals surface area (Å²) < 4.78 is 5.67. The first-order chi connectivity index (χ1) is 5.27. The lowest BCUT2D eigenvalue weighted by Gasteiger charge is -2.26. The minimum atomic E-state index is 0.0177. The monoisotopic (exact) mass is 172 g/mol. The molecule has 0 saturated heterocycles. The maximum atomic E-state index is 5.67. The smallest absolute Gasteiger partial charge is 0.0598 e. The molecule has 1 nitrogen and oxygen atoms in total. The van der Waals surface area contributed by atoms with Gasteiger partial charge in [0.2, 0.25) is 0 Å². The topological polar surface area (TPSA) is 9.23 Å². The third-order valence-electron chi connectivity index (χ3n) is 2.27. The second-order valence-corrected chi connectivity index (χ2v) is 5.23. The molecule has 1 heteroatoms. The third kappa shape index (κ3) is 6.66. The van der Waals surface area contributed by atoms with Crippen LogP contribution in [0.2, 0.25) is 0 Å². The molecular weight excluding hydrogens is 148 g/mol. The molecular formula is C11H24O. The van der Waals surface area contributed by atoms with Crippen molar-refractivity contribution in [3.63, 3.8) is 0 Å². The molecule has 0 rings (SSSR count). The molecule has 0 radical (unpaired) electrons. The lowest BCUT2D eigenvalue weighted by molar-refractivity contribution is -0.0157. The minimum Gasteiger partial charge on any atom is -0.376 e. The van der Waals surface area contributed by atoms with E-state index in [1.807, 2.05) is 0 Å². The van der Waals surface area contributed by atoms with Crippen molar-refractivity contribution < 1.29 is 4.74 Å². The van der Waals surface area contributed by atoms with E-state index in [9.17, 15) is 0 Å². The van der Waals surface area contributed by atoms with Crippen molar-refractivity contribution in [1.82, 2.24) is 0 Å². The van der Waals surface area contributed by atoms with E-state index in [1.54, 1.807) is 0 Å². The zero-order valence-electron chi connectivity index (χ0n) is 9.53. The zero-order chi connectivity index (χ0) is 9.83. The van der Waals surface area contributed by atoms with Crippen molar-refractivity contribution in [3.8, 4) is 0 Å². The van der Waals surface area contributed by atoms with Crippen LogP contribution < -0.4 is 0 Å². The summed E-state index contributed by atoms with van der Waals surface area (Å²) in [6.45, 7) is 14.0. The Hall–Kier alpha value is -0.0400. The zero-order valence-corrected chi connectivity index (χ0v) is 9.53. The Morgan fingerprint density at radius 2 is 1.50 bits per heavy atom. The Morgan fingerprint density at radius 1 is 1.00 bits per heavy atom. The summed E-state index contributed by atoms with van der Waals surface area (Å²) in [5, 5.41) is 0. The van der Waals surface area contributed by atoms with Crippen molar-refractivity contribution in [2.24, 2.45) is 5.41 Å². The summed E-state index contributed by atoms with van der Waals surface area (Å²) in [4.78, 5) is 0. The highest BCUT2D eigenvalue weighted by Gasteiger charge is 2.17. The van der Waals surface area contributed by atoms with Crippen molar-refractivity contribution in [2.75, 3.05) is 6.61 Å². The predicted octanol–water partition coefficient (Wildman–Crippen LogP) is 3.63. The molecule has 0 atom stereocenters. The highest BCUT2D eigenvalue weighted by Crippen LogP contribution is 2.24. The second kappa shape index (κ2) is 4.27. The van der Waals surface area contributed by atoms with Crippen LogP contribution in [-0.2, 0) is 4.74 Å². The Kier molecular flexibility index (Phi) is 4.25. The van der Waals surface area contributed by atoms with Crippen LogP contribution in [0.4, 0.5) is 0 Å². The largest absolute Gasteiger partial charge is 0.376 e. The molecule has 12 heavy (non-hydrogen) atoms. The van der Waals surface area contributed by atoms with E-state index in [1.165, 1.54) is 6.42 Å². The first kappa shape index (κ1) is 12.0. The van der Waals surface area contributed by atoms with Crippen LogP contribution >= 0.6 is 0 Å². The van der Waals surface area contributed by atoms with Crippen LogP contribution in [0.1, 0.15) is 54.4 Å². The number of rotatable bonds is 4. The molecule has 0 saturated carbocycles. The van der Waals surface area contributed by atoms with Crippen LogP contribution in [0, 0.1) is 5.41 Å². The summed E-state index contributed by atoms with van der Waals surface area (Å²) >= 11 is 0. The fraction of sp³-hybridized carbons (Fsp3) is 1.00. The molecule has 0 spiro atoms. The first-order valence-corrected chi connectivity index (χ1v) is 4.91. The average molecular weight is 172 g/mol. The molecule has 0 N–H and O–H groups in total. The average Bonchev–Trinajstić information content (AvgIpc) is 1.84. The Bertz CT molecular complexity index is 119. The van der Waals surface area contributed by atoms with E-state index in [0.29, 0.717) is 5.41 Å². The van der Waals surface area contributed by atoms with Gasteiger partial charge in [-0.25, -0.2) is 0 Å². The summed E-state index contributed by atoms with van der Waals surface area (Å²) in [6, 6.07) is 0. The minimum absolute atomic E-state index is 0.0177. The number of hydrogen-bond acceptors (Lipinski definition) is 1. The molecule has 0 bridgehead atoms. The maximum absolute atomic E-state index is 5.67. The number of ether oxygens (including phenoxy) is 1. The van der Waals surface area contributed by atoms with Crippen molar-refractivity contribution in [3.05, 3.63) is 0 Å². The maximum Gasteiger partial charge on any atom is 0.0598 e. The Labute approximate surface area is 77.5 Å². The van der Waals surface area contributed by atoms with Crippen LogP contribution in [0.3, 0.4) is 0 Å². The molecule has 0 amide bonds. The highest BCUT2D eigenvalue weighted by atomic mass is 16.5. The molecule has 0 aromatic rings. The summed E-state index contributed by atoms with van der Waals surface area (Å²) in [5.41, 5.74) is 0.453. The van der Waals surface area contributed by atoms with E-state index in [4.69, 9.17) is 4.74 Å². The normalized spacial score (nSPS) is 13.5. The predicted molar refractivity (Wildman–Crippen MR) is 54.4 cm³/mol. The Morgan fingerprint density at radius 3 is 1.83 bits per heavy atom. The van der Waals surface area contributed by atoms with E-state index < -0.39 is 0 Å². The van der Waals surface area contributed by atoms with Gasteiger partial charge < -0.3 is 4.74 Å². The van der Waals surface area contributed by atoms with Gasteiger partial charge in [-0.05, 0) is 32.6 Å². The van der Waals surface area contributed by atoms with Gasteiger partial charge in [0.25, 0.3) is 0 Å². The van der Waals surface area contributed by atoms with Crippen molar-refractivity contribution in [2.45, 2.75) is 60.0 Å². The molecule has 0 aliphatic heterocycles. The van der Waals surface area contributed by atoms with E-state index >= 15 is 0 Å². The molecule has 0 aromatic carbocycles. The molecule has 0 heterocycles. The van der Waals surface area contributed by atoms with Gasteiger partial charge in [0.05, 0.1) is 5.60 Å². The summed E-state index contributed by atoms with van der Waals surface area (Å²) in [7, 11) is 0. The lowest BCUT2D eigenvalue weighted by atomic mass is 9.87. The van der Waals surface area contributed by atoms with E-state index in [0.717, 1.165) is 13.0 Å². The quantitative estimate of drug-likeness (QED) is 0.629. The van der Waals surface area contributed by atoms with Crippen LogP contribution in [0.5, 0.6) is 0 Å². The SMILES string of the molecule is CCC(C)(C)CCOC(C)(C)C. The van der Waals surface area contributed by atoms with Gasteiger partial charge in [0.1, 0.15) is 0 Å². The second-order valence-electron chi connectivity index (χ2n) is 5.23. The molecule has 0 aliphatic carbocycles. The highest BCUT2D eigenvalue weighted by molar-refractivity contribution is 4.67. The lowest BCUT2D eigenvalue weighted by Crippen LogP contribution is -2.22. The summed E-state index contributed by atoms with van der Waals surface area (Å²) in [5.74, 6) is 0. The van der Waals surface area contributed by atoms with Crippen LogP contribution in [0.15, 0.2) is 0 Å². The van der Waals surface area contributed by atoms with Crippen molar-refractivity contribution in [1.29, 1.82) is 0 Å². The first-order valence-electron chi connectivity index (χ1n) is 4.91. The Balaban J connectivity index is 3.57. The van der Waals surface area contributed by atoms with Gasteiger partial charge in [0, 0.05) is 6.61 Å². The van der Waals surface area contributed by atoms with E-state index in [-0.39, 0.29) is 5.60 Å². The molecule has 0 aliphatic rings. The summed E-state index contributed by atoms with van der Waals surface area (Å²) in [6.07, 6.45) is 2.38. The standard InChI is InChI=1S/C11H24O/c1-7-11(5,6)8-9-12-10(2,3)4/h7-9H2,1-6H3. The molecule has 0 aromatic heterocycles. The molecule has 0 unspecified atom stereocenters. The van der Waals surface area contributed by atoms with E-state index in [2.05, 4.69) is 41.5 Å². The fourth-order valence-electron chi connectivity index (χ4n) is 0.810. The number of hydrogen-bond donors (Lipinski definition) is 0. The van der Waals surface area contributed by atoms with Gasteiger partial charge in [0.15, 0.2) is 0 Å². The fourth-order valence-corrected chi connectivity index (χ4v) is 0.810. The van der Waals surface area contributed by atoms with Gasteiger partial charge in [-0.3, -0.25) is 0 Å². The third-order valence-corrected chi connectivity index (χ3v) is 2.27. The van der Waals surface area contributed by atoms with Gasteiger partial charge in [-0.15, -0.1) is 0 Å². The van der Waals surface area contributed by atoms with Crippen LogP contribution in [0.25, 0.3) is 0 Å². The van der Waals surface area contributed by atoms with Crippen molar-refractivity contribution >= 4 is 0 Å². The van der Waals surface area contributed by atoms with Gasteiger partial charge in [-0.1, -0.05) is 27.2 Å². The van der Waals surface area contributed by atoms with Crippen LogP contribution in [-0.4, -0.2) is 12.2 Å². The molecule has 74 valence electrons. The van der Waals surface area contributed by atoms with Gasteiger partial charge >= 0.3 is 0 Å².